The van der Waals surface area contributed by atoms with Crippen molar-refractivity contribution in [2.75, 3.05) is 23.4 Å². The van der Waals surface area contributed by atoms with E-state index >= 15 is 0 Å². The van der Waals surface area contributed by atoms with Crippen LogP contribution in [0.1, 0.15) is 12.0 Å². The first-order chi connectivity index (χ1) is 12.9. The Kier molecular flexibility index (Phi) is 5.40. The van der Waals surface area contributed by atoms with Crippen LogP contribution in [-0.4, -0.2) is 30.9 Å². The fourth-order valence-corrected chi connectivity index (χ4v) is 2.92. The van der Waals surface area contributed by atoms with Gasteiger partial charge in [-0.15, -0.1) is 0 Å². The third-order valence-electron chi connectivity index (χ3n) is 4.46. The number of para-hydroxylation sites is 1. The highest BCUT2D eigenvalue weighted by molar-refractivity contribution is 6.00. The molecule has 1 aliphatic rings. The second-order valence-corrected chi connectivity index (χ2v) is 6.45. The summed E-state index contributed by atoms with van der Waals surface area (Å²) in [6.07, 6.45) is 0.132. The number of hydrogen-bond donors (Lipinski definition) is 2. The van der Waals surface area contributed by atoms with Gasteiger partial charge >= 0.3 is 0 Å². The van der Waals surface area contributed by atoms with E-state index in [4.69, 9.17) is 10.5 Å². The first kappa shape index (κ1) is 18.4. The van der Waals surface area contributed by atoms with Crippen molar-refractivity contribution < 1.29 is 19.1 Å². The molecule has 1 heterocycles. The molecule has 2 aromatic carbocycles. The van der Waals surface area contributed by atoms with Crippen molar-refractivity contribution in [2.24, 2.45) is 11.7 Å². The third kappa shape index (κ3) is 4.44. The molecule has 1 saturated heterocycles. The van der Waals surface area contributed by atoms with Crippen molar-refractivity contribution in [2.45, 2.75) is 13.3 Å². The molecule has 0 spiro atoms. The molecular weight excluding hydrogens is 346 g/mol. The van der Waals surface area contributed by atoms with E-state index in [0.717, 1.165) is 11.3 Å². The summed E-state index contributed by atoms with van der Waals surface area (Å²) >= 11 is 0. The quantitative estimate of drug-likeness (QED) is 0.813. The molecule has 1 fully saturated rings. The summed E-state index contributed by atoms with van der Waals surface area (Å²) in [4.78, 5) is 36.8. The average molecular weight is 367 g/mol. The van der Waals surface area contributed by atoms with Crippen molar-refractivity contribution in [1.29, 1.82) is 0 Å². The smallest absolute Gasteiger partial charge is 0.262 e. The summed E-state index contributed by atoms with van der Waals surface area (Å²) in [6, 6.07) is 14.3. The van der Waals surface area contributed by atoms with E-state index in [0.29, 0.717) is 11.4 Å². The van der Waals surface area contributed by atoms with Gasteiger partial charge in [-0.05, 0) is 42.8 Å². The predicted octanol–water partition coefficient (Wildman–Crippen LogP) is 1.85. The molecule has 0 unspecified atom stereocenters. The van der Waals surface area contributed by atoms with Gasteiger partial charge in [0.2, 0.25) is 11.8 Å². The number of hydrogen-bond acceptors (Lipinski definition) is 4. The summed E-state index contributed by atoms with van der Waals surface area (Å²) in [5.74, 6) is -0.807. The Morgan fingerprint density at radius 3 is 2.52 bits per heavy atom. The second-order valence-electron chi connectivity index (χ2n) is 6.45. The molecule has 140 valence electrons. The van der Waals surface area contributed by atoms with Gasteiger partial charge in [-0.1, -0.05) is 18.2 Å². The molecule has 1 atom stereocenters. The number of rotatable bonds is 6. The molecule has 3 amide bonds. The standard InChI is InChI=1S/C20H21N3O4/c1-13-4-2-3-5-17(13)22-18(24)12-27-16-8-6-15(7-9-16)23-11-14(20(21)26)10-19(23)25/h2-9,14H,10-12H2,1H3,(H2,21,26)(H,22,24)/t14-/m0/s1. The van der Waals surface area contributed by atoms with E-state index in [1.807, 2.05) is 31.2 Å². The summed E-state index contributed by atoms with van der Waals surface area (Å²) in [5, 5.41) is 2.80. The number of amides is 3. The molecule has 0 aromatic heterocycles. The number of anilines is 2. The fraction of sp³-hybridized carbons (Fsp3) is 0.250. The van der Waals surface area contributed by atoms with Crippen LogP contribution in [-0.2, 0) is 14.4 Å². The van der Waals surface area contributed by atoms with Gasteiger partial charge in [0.05, 0.1) is 5.92 Å². The largest absolute Gasteiger partial charge is 0.484 e. The molecule has 1 aliphatic heterocycles. The molecule has 27 heavy (non-hydrogen) atoms. The normalized spacial score (nSPS) is 16.3. The summed E-state index contributed by atoms with van der Waals surface area (Å²) < 4.78 is 5.49. The highest BCUT2D eigenvalue weighted by Crippen LogP contribution is 2.26. The molecule has 7 nitrogen and oxygen atoms in total. The lowest BCUT2D eigenvalue weighted by atomic mass is 10.1. The van der Waals surface area contributed by atoms with Crippen LogP contribution in [0.25, 0.3) is 0 Å². The molecule has 2 aromatic rings. The maximum Gasteiger partial charge on any atom is 0.262 e. The zero-order valence-corrected chi connectivity index (χ0v) is 15.0. The lowest BCUT2D eigenvalue weighted by Gasteiger charge is -2.16. The Morgan fingerprint density at radius 2 is 1.89 bits per heavy atom. The van der Waals surface area contributed by atoms with Crippen LogP contribution >= 0.6 is 0 Å². The van der Waals surface area contributed by atoms with Crippen molar-refractivity contribution in [3.8, 4) is 5.75 Å². The predicted molar refractivity (Wildman–Crippen MR) is 101 cm³/mol. The van der Waals surface area contributed by atoms with Crippen molar-refractivity contribution in [3.05, 3.63) is 54.1 Å². The van der Waals surface area contributed by atoms with Gasteiger partial charge in [0.1, 0.15) is 5.75 Å². The number of aryl methyl sites for hydroxylation is 1. The SMILES string of the molecule is Cc1ccccc1NC(=O)COc1ccc(N2C[C@@H](C(N)=O)CC2=O)cc1. The third-order valence-corrected chi connectivity index (χ3v) is 4.46. The van der Waals surface area contributed by atoms with Crippen molar-refractivity contribution in [1.82, 2.24) is 0 Å². The molecule has 0 aliphatic carbocycles. The summed E-state index contributed by atoms with van der Waals surface area (Å²) in [7, 11) is 0. The molecule has 3 N–H and O–H groups in total. The van der Waals surface area contributed by atoms with Crippen LogP contribution in [0.2, 0.25) is 0 Å². The molecule has 0 bridgehead atoms. The topological polar surface area (TPSA) is 102 Å². The average Bonchev–Trinajstić information content (AvgIpc) is 3.04. The van der Waals surface area contributed by atoms with Gasteiger partial charge < -0.3 is 20.7 Å². The first-order valence-electron chi connectivity index (χ1n) is 8.62. The number of nitrogens with zero attached hydrogens (tertiary/aromatic N) is 1. The monoisotopic (exact) mass is 367 g/mol. The molecule has 0 saturated carbocycles. The van der Waals surface area contributed by atoms with Gasteiger partial charge in [-0.2, -0.15) is 0 Å². The molecule has 7 heteroatoms. The Balaban J connectivity index is 1.55. The van der Waals surface area contributed by atoms with Crippen molar-refractivity contribution >= 4 is 29.1 Å². The van der Waals surface area contributed by atoms with Gasteiger partial charge in [-0.3, -0.25) is 14.4 Å². The number of benzene rings is 2. The minimum Gasteiger partial charge on any atom is -0.484 e. The van der Waals surface area contributed by atoms with Crippen LogP contribution in [0.5, 0.6) is 5.75 Å². The van der Waals surface area contributed by atoms with E-state index < -0.39 is 11.8 Å². The minimum absolute atomic E-state index is 0.125. The lowest BCUT2D eigenvalue weighted by Crippen LogP contribution is -2.28. The Labute approximate surface area is 157 Å². The van der Waals surface area contributed by atoms with Gasteiger partial charge in [0.25, 0.3) is 5.91 Å². The second kappa shape index (κ2) is 7.90. The van der Waals surface area contributed by atoms with E-state index in [9.17, 15) is 14.4 Å². The number of nitrogens with two attached hydrogens (primary N) is 1. The summed E-state index contributed by atoms with van der Waals surface area (Å²) in [6.45, 7) is 2.07. The summed E-state index contributed by atoms with van der Waals surface area (Å²) in [5.41, 5.74) is 7.67. The van der Waals surface area contributed by atoms with E-state index in [1.165, 1.54) is 4.90 Å². The first-order valence-corrected chi connectivity index (χ1v) is 8.62. The lowest BCUT2D eigenvalue weighted by molar-refractivity contribution is -0.123. The van der Waals surface area contributed by atoms with Crippen LogP contribution in [0, 0.1) is 12.8 Å². The molecular formula is C20H21N3O4. The fourth-order valence-electron chi connectivity index (χ4n) is 2.92. The number of carbonyl (C=O) groups excluding carboxylic acids is 3. The van der Waals surface area contributed by atoms with Gasteiger partial charge in [-0.25, -0.2) is 0 Å². The maximum atomic E-state index is 12.0. The van der Waals surface area contributed by atoms with E-state index in [1.54, 1.807) is 24.3 Å². The molecule has 3 rings (SSSR count). The highest BCUT2D eigenvalue weighted by Gasteiger charge is 2.33. The van der Waals surface area contributed by atoms with Crippen LogP contribution in [0.15, 0.2) is 48.5 Å². The molecule has 0 radical (unpaired) electrons. The van der Waals surface area contributed by atoms with E-state index in [-0.39, 0.29) is 31.4 Å². The zero-order chi connectivity index (χ0) is 19.4. The van der Waals surface area contributed by atoms with E-state index in [2.05, 4.69) is 5.32 Å². The Hall–Kier alpha value is -3.35. The van der Waals surface area contributed by atoms with Crippen molar-refractivity contribution in [3.63, 3.8) is 0 Å². The van der Waals surface area contributed by atoms with Crippen LogP contribution < -0.4 is 20.7 Å². The highest BCUT2D eigenvalue weighted by atomic mass is 16.5. The zero-order valence-electron chi connectivity index (χ0n) is 15.0. The Bertz CT molecular complexity index is 864. The van der Waals surface area contributed by atoms with Gasteiger partial charge in [0, 0.05) is 24.3 Å². The Morgan fingerprint density at radius 1 is 1.19 bits per heavy atom. The van der Waals surface area contributed by atoms with Crippen LogP contribution in [0.4, 0.5) is 11.4 Å². The number of nitrogens with one attached hydrogen (secondary N) is 1. The minimum atomic E-state index is -0.467. The number of carbonyl (C=O) groups is 3. The van der Waals surface area contributed by atoms with Gasteiger partial charge in [0.15, 0.2) is 6.61 Å². The number of primary amides is 1. The number of ether oxygens (including phenoxy) is 1. The maximum absolute atomic E-state index is 12.0. The van der Waals surface area contributed by atoms with Crippen LogP contribution in [0.3, 0.4) is 0 Å².